The fraction of sp³-hybridized carbons (Fsp3) is 0.278. The van der Waals surface area contributed by atoms with Crippen LogP contribution in [-0.2, 0) is 6.42 Å². The van der Waals surface area contributed by atoms with Crippen LogP contribution in [0.2, 0.25) is 0 Å². The first-order valence-corrected chi connectivity index (χ1v) is 8.34. The minimum atomic E-state index is 0.579. The maximum absolute atomic E-state index is 5.77. The number of rotatable bonds is 3. The van der Waals surface area contributed by atoms with Crippen LogP contribution in [0.1, 0.15) is 29.3 Å². The van der Waals surface area contributed by atoms with Crippen molar-refractivity contribution < 1.29 is 0 Å². The Bertz CT molecular complexity index is 739. The van der Waals surface area contributed by atoms with Crippen LogP contribution in [0.3, 0.4) is 0 Å². The van der Waals surface area contributed by atoms with Gasteiger partial charge >= 0.3 is 0 Å². The average molecular weight is 311 g/mol. The van der Waals surface area contributed by atoms with Gasteiger partial charge in [-0.1, -0.05) is 24.8 Å². The second-order valence-corrected chi connectivity index (χ2v) is 6.89. The number of aliphatic imine (C=N–C) groups is 1. The highest BCUT2D eigenvalue weighted by atomic mass is 32.1. The fourth-order valence-electron chi connectivity index (χ4n) is 2.91. The van der Waals surface area contributed by atoms with Crippen LogP contribution in [-0.4, -0.2) is 12.4 Å². The fourth-order valence-corrected chi connectivity index (χ4v) is 3.87. The Labute approximate surface area is 135 Å². The van der Waals surface area contributed by atoms with E-state index in [9.17, 15) is 0 Å². The first-order valence-electron chi connectivity index (χ1n) is 7.52. The Hall–Kier alpha value is -2.07. The van der Waals surface area contributed by atoms with E-state index >= 15 is 0 Å². The van der Waals surface area contributed by atoms with Crippen molar-refractivity contribution in [2.24, 2.45) is 10.7 Å². The molecule has 1 aliphatic heterocycles. The van der Waals surface area contributed by atoms with E-state index in [-0.39, 0.29) is 0 Å². The van der Waals surface area contributed by atoms with Gasteiger partial charge < -0.3 is 10.6 Å². The predicted molar refractivity (Wildman–Crippen MR) is 97.2 cm³/mol. The SMILES string of the molecule is C=C(c1cc(C)sc1N=C(C)N)N1CCCc2ccccc21. The molecule has 2 heterocycles. The standard InChI is InChI=1S/C18H21N3S/c1-12-11-16(18(22-12)20-14(3)19)13(2)21-10-6-8-15-7-4-5-9-17(15)21/h4-5,7,9,11H,2,6,8,10H2,1,3H3,(H2,19,20). The van der Waals surface area contributed by atoms with Crippen molar-refractivity contribution in [3.8, 4) is 0 Å². The van der Waals surface area contributed by atoms with Gasteiger partial charge in [-0.05, 0) is 44.4 Å². The van der Waals surface area contributed by atoms with Crippen molar-refractivity contribution in [3.05, 3.63) is 52.9 Å². The smallest absolute Gasteiger partial charge is 0.127 e. The molecule has 0 bridgehead atoms. The summed E-state index contributed by atoms with van der Waals surface area (Å²) in [7, 11) is 0. The van der Waals surface area contributed by atoms with Gasteiger partial charge in [0.1, 0.15) is 5.00 Å². The molecule has 22 heavy (non-hydrogen) atoms. The predicted octanol–water partition coefficient (Wildman–Crippen LogP) is 4.49. The third-order valence-corrected chi connectivity index (χ3v) is 4.80. The zero-order valence-electron chi connectivity index (χ0n) is 13.1. The van der Waals surface area contributed by atoms with Crippen LogP contribution in [0.4, 0.5) is 10.7 Å². The monoisotopic (exact) mass is 311 g/mol. The second-order valence-electron chi connectivity index (χ2n) is 5.66. The zero-order chi connectivity index (χ0) is 15.7. The molecule has 0 spiro atoms. The van der Waals surface area contributed by atoms with Crippen LogP contribution < -0.4 is 10.6 Å². The van der Waals surface area contributed by atoms with Gasteiger partial charge in [0.05, 0.1) is 5.84 Å². The average Bonchev–Trinajstić information content (AvgIpc) is 2.85. The van der Waals surface area contributed by atoms with Gasteiger partial charge in [-0.25, -0.2) is 4.99 Å². The molecular weight excluding hydrogens is 290 g/mol. The van der Waals surface area contributed by atoms with Crippen molar-refractivity contribution in [2.45, 2.75) is 26.7 Å². The number of thiophene rings is 1. The topological polar surface area (TPSA) is 41.6 Å². The maximum Gasteiger partial charge on any atom is 0.127 e. The summed E-state index contributed by atoms with van der Waals surface area (Å²) in [6, 6.07) is 10.7. The first kappa shape index (κ1) is 14.9. The van der Waals surface area contributed by atoms with E-state index in [1.807, 2.05) is 6.92 Å². The summed E-state index contributed by atoms with van der Waals surface area (Å²) in [6.45, 7) is 9.26. The van der Waals surface area contributed by atoms with Crippen molar-refractivity contribution in [1.82, 2.24) is 0 Å². The van der Waals surface area contributed by atoms with Gasteiger partial charge in [-0.15, -0.1) is 11.3 Å². The van der Waals surface area contributed by atoms with Gasteiger partial charge in [0.2, 0.25) is 0 Å². The van der Waals surface area contributed by atoms with E-state index in [1.165, 1.54) is 16.1 Å². The molecule has 3 nitrogen and oxygen atoms in total. The normalized spacial score (nSPS) is 14.8. The Morgan fingerprint density at radius 3 is 2.91 bits per heavy atom. The molecule has 0 atom stereocenters. The highest BCUT2D eigenvalue weighted by molar-refractivity contribution is 7.16. The molecule has 0 saturated heterocycles. The lowest BCUT2D eigenvalue weighted by Gasteiger charge is -2.32. The van der Waals surface area contributed by atoms with E-state index in [0.29, 0.717) is 5.84 Å². The summed E-state index contributed by atoms with van der Waals surface area (Å²) in [6.07, 6.45) is 2.28. The summed E-state index contributed by atoms with van der Waals surface area (Å²) in [4.78, 5) is 8.01. The maximum atomic E-state index is 5.77. The molecule has 1 aromatic carbocycles. The number of nitrogens with two attached hydrogens (primary N) is 1. The number of hydrogen-bond acceptors (Lipinski definition) is 3. The lowest BCUT2D eigenvalue weighted by molar-refractivity contribution is 0.770. The molecule has 1 aliphatic rings. The van der Waals surface area contributed by atoms with Crippen LogP contribution in [0.5, 0.6) is 0 Å². The molecule has 0 amide bonds. The number of para-hydroxylation sites is 1. The summed E-state index contributed by atoms with van der Waals surface area (Å²) >= 11 is 1.66. The quantitative estimate of drug-likeness (QED) is 0.670. The zero-order valence-corrected chi connectivity index (χ0v) is 13.9. The van der Waals surface area contributed by atoms with Crippen LogP contribution in [0.25, 0.3) is 5.70 Å². The second kappa shape index (κ2) is 5.97. The lowest BCUT2D eigenvalue weighted by Crippen LogP contribution is -2.27. The highest BCUT2D eigenvalue weighted by Gasteiger charge is 2.21. The van der Waals surface area contributed by atoms with Crippen LogP contribution in [0.15, 0.2) is 41.9 Å². The number of nitrogens with zero attached hydrogens (tertiary/aromatic N) is 2. The minimum absolute atomic E-state index is 0.579. The molecule has 3 rings (SSSR count). The van der Waals surface area contributed by atoms with Crippen LogP contribution in [0, 0.1) is 6.92 Å². The Morgan fingerprint density at radius 2 is 2.14 bits per heavy atom. The van der Waals surface area contributed by atoms with Gasteiger partial charge in [0.25, 0.3) is 0 Å². The number of fused-ring (bicyclic) bond motifs is 1. The Balaban J connectivity index is 2.01. The summed E-state index contributed by atoms with van der Waals surface area (Å²) in [5.41, 5.74) is 10.5. The Kier molecular flexibility index (Phi) is 4.03. The molecule has 1 aromatic heterocycles. The summed E-state index contributed by atoms with van der Waals surface area (Å²) in [5.74, 6) is 0.579. The number of amidine groups is 1. The van der Waals surface area contributed by atoms with Crippen molar-refractivity contribution in [3.63, 3.8) is 0 Å². The van der Waals surface area contributed by atoms with E-state index in [4.69, 9.17) is 5.73 Å². The highest BCUT2D eigenvalue weighted by Crippen LogP contribution is 2.39. The molecule has 2 aromatic rings. The van der Waals surface area contributed by atoms with Crippen molar-refractivity contribution in [2.75, 3.05) is 11.4 Å². The number of anilines is 1. The van der Waals surface area contributed by atoms with Gasteiger partial charge in [-0.2, -0.15) is 0 Å². The molecule has 0 unspecified atom stereocenters. The molecule has 0 fully saturated rings. The largest absolute Gasteiger partial charge is 0.387 e. The van der Waals surface area contributed by atoms with Gasteiger partial charge in [-0.3, -0.25) is 0 Å². The summed E-state index contributed by atoms with van der Waals surface area (Å²) in [5, 5.41) is 0.950. The first-order chi connectivity index (χ1) is 10.6. The number of hydrogen-bond donors (Lipinski definition) is 1. The molecule has 0 saturated carbocycles. The van der Waals surface area contributed by atoms with Gasteiger partial charge in [0.15, 0.2) is 0 Å². The number of benzene rings is 1. The lowest BCUT2D eigenvalue weighted by atomic mass is 10.0. The molecule has 0 radical (unpaired) electrons. The summed E-state index contributed by atoms with van der Waals surface area (Å²) < 4.78 is 0. The van der Waals surface area contributed by atoms with E-state index in [2.05, 4.69) is 53.7 Å². The minimum Gasteiger partial charge on any atom is -0.387 e. The molecular formula is C18H21N3S. The van der Waals surface area contributed by atoms with Gasteiger partial charge in [0, 0.05) is 28.4 Å². The van der Waals surface area contributed by atoms with E-state index in [0.717, 1.165) is 35.6 Å². The molecule has 2 N–H and O–H groups in total. The molecule has 4 heteroatoms. The van der Waals surface area contributed by atoms with E-state index in [1.54, 1.807) is 11.3 Å². The van der Waals surface area contributed by atoms with E-state index < -0.39 is 0 Å². The number of aryl methyl sites for hydroxylation is 2. The third kappa shape index (κ3) is 2.79. The third-order valence-electron chi connectivity index (χ3n) is 3.86. The Morgan fingerprint density at radius 1 is 1.36 bits per heavy atom. The molecule has 0 aliphatic carbocycles. The van der Waals surface area contributed by atoms with Crippen molar-refractivity contribution >= 4 is 33.6 Å². The van der Waals surface area contributed by atoms with Crippen LogP contribution >= 0.6 is 11.3 Å². The molecule has 114 valence electrons. The van der Waals surface area contributed by atoms with Crippen molar-refractivity contribution in [1.29, 1.82) is 0 Å².